The third kappa shape index (κ3) is 3.38. The molecule has 0 saturated carbocycles. The van der Waals surface area contributed by atoms with Crippen LogP contribution < -0.4 is 16.0 Å². The fourth-order valence-corrected chi connectivity index (χ4v) is 1.68. The molecule has 0 radical (unpaired) electrons. The number of pyridine rings is 1. The molecular weight excluding hydrogens is 240 g/mol. The molecule has 0 spiro atoms. The zero-order chi connectivity index (χ0) is 13.7. The maximum absolute atomic E-state index is 5.48. The van der Waals surface area contributed by atoms with Crippen molar-refractivity contribution in [3.8, 4) is 0 Å². The minimum absolute atomic E-state index is 0.564. The van der Waals surface area contributed by atoms with Gasteiger partial charge in [-0.25, -0.2) is 15.0 Å². The predicted molar refractivity (Wildman–Crippen MR) is 76.6 cm³/mol. The van der Waals surface area contributed by atoms with E-state index in [1.807, 2.05) is 43.1 Å². The Labute approximate surface area is 112 Å². The average Bonchev–Trinajstić information content (AvgIpc) is 2.44. The summed E-state index contributed by atoms with van der Waals surface area (Å²) in [5.74, 6) is 3.12. The third-order valence-corrected chi connectivity index (χ3v) is 2.61. The number of anilines is 3. The SMILES string of the molecule is Cc1nc(NCCN)cc(N(C)c2ccccn2)n1. The lowest BCUT2D eigenvalue weighted by Crippen LogP contribution is -2.17. The van der Waals surface area contributed by atoms with Gasteiger partial charge in [0.25, 0.3) is 0 Å². The molecule has 0 fully saturated rings. The first-order chi connectivity index (χ1) is 9.20. The Bertz CT molecular complexity index is 528. The maximum atomic E-state index is 5.48. The molecule has 2 rings (SSSR count). The number of nitrogens with zero attached hydrogens (tertiary/aromatic N) is 4. The van der Waals surface area contributed by atoms with Crippen LogP contribution in [0.4, 0.5) is 17.5 Å². The Morgan fingerprint density at radius 2 is 2.11 bits per heavy atom. The molecular formula is C13H18N6. The van der Waals surface area contributed by atoms with E-state index in [1.165, 1.54) is 0 Å². The Hall–Kier alpha value is -2.21. The number of nitrogens with two attached hydrogens (primary N) is 1. The normalized spacial score (nSPS) is 10.3. The summed E-state index contributed by atoms with van der Waals surface area (Å²) in [6.07, 6.45) is 1.76. The standard InChI is InChI=1S/C13H18N6/c1-10-17-11(15-8-6-14)9-13(18-10)19(2)12-5-3-4-7-16-12/h3-5,7,9H,6,8,14H2,1-2H3,(H,15,17,18). The minimum Gasteiger partial charge on any atom is -0.369 e. The summed E-state index contributed by atoms with van der Waals surface area (Å²) in [5, 5.41) is 3.16. The van der Waals surface area contributed by atoms with Crippen molar-refractivity contribution in [2.45, 2.75) is 6.92 Å². The van der Waals surface area contributed by atoms with Crippen molar-refractivity contribution < 1.29 is 0 Å². The van der Waals surface area contributed by atoms with Crippen LogP contribution in [0.15, 0.2) is 30.5 Å². The van der Waals surface area contributed by atoms with Crippen LogP contribution in [0, 0.1) is 6.92 Å². The quantitative estimate of drug-likeness (QED) is 0.842. The lowest BCUT2D eigenvalue weighted by Gasteiger charge is -2.18. The van der Waals surface area contributed by atoms with E-state index in [0.29, 0.717) is 18.9 Å². The van der Waals surface area contributed by atoms with Crippen molar-refractivity contribution in [1.82, 2.24) is 15.0 Å². The van der Waals surface area contributed by atoms with Crippen molar-refractivity contribution in [3.05, 3.63) is 36.3 Å². The molecule has 2 aromatic rings. The number of aromatic nitrogens is 3. The molecule has 0 amide bonds. The Kier molecular flexibility index (Phi) is 4.25. The van der Waals surface area contributed by atoms with Gasteiger partial charge in [-0.3, -0.25) is 0 Å². The van der Waals surface area contributed by atoms with Crippen LogP contribution in [0.2, 0.25) is 0 Å². The van der Waals surface area contributed by atoms with Gasteiger partial charge in [-0.2, -0.15) is 0 Å². The van der Waals surface area contributed by atoms with Crippen LogP contribution >= 0.6 is 0 Å². The molecule has 0 unspecified atom stereocenters. The van der Waals surface area contributed by atoms with E-state index >= 15 is 0 Å². The molecule has 2 heterocycles. The summed E-state index contributed by atoms with van der Waals surface area (Å²) in [6, 6.07) is 7.65. The van der Waals surface area contributed by atoms with Gasteiger partial charge in [0.1, 0.15) is 23.3 Å². The summed E-state index contributed by atoms with van der Waals surface area (Å²) in [6.45, 7) is 3.11. The molecule has 0 bridgehead atoms. The van der Waals surface area contributed by atoms with Gasteiger partial charge in [-0.1, -0.05) is 6.07 Å². The Balaban J connectivity index is 2.26. The average molecular weight is 258 g/mol. The molecule has 0 saturated heterocycles. The monoisotopic (exact) mass is 258 g/mol. The van der Waals surface area contributed by atoms with Crippen LogP contribution in [-0.2, 0) is 0 Å². The Morgan fingerprint density at radius 1 is 1.26 bits per heavy atom. The van der Waals surface area contributed by atoms with Gasteiger partial charge in [0.15, 0.2) is 0 Å². The minimum atomic E-state index is 0.564. The summed E-state index contributed by atoms with van der Waals surface area (Å²) in [5.41, 5.74) is 5.48. The lowest BCUT2D eigenvalue weighted by atomic mass is 10.4. The smallest absolute Gasteiger partial charge is 0.139 e. The summed E-state index contributed by atoms with van der Waals surface area (Å²) in [4.78, 5) is 15.0. The lowest BCUT2D eigenvalue weighted by molar-refractivity contribution is 0.968. The van der Waals surface area contributed by atoms with Crippen molar-refractivity contribution in [3.63, 3.8) is 0 Å². The van der Waals surface area contributed by atoms with Crippen LogP contribution in [0.5, 0.6) is 0 Å². The van der Waals surface area contributed by atoms with E-state index in [4.69, 9.17) is 5.73 Å². The predicted octanol–water partition coefficient (Wildman–Crippen LogP) is 1.32. The van der Waals surface area contributed by atoms with Crippen molar-refractivity contribution in [2.75, 3.05) is 30.4 Å². The molecule has 2 aromatic heterocycles. The van der Waals surface area contributed by atoms with E-state index in [0.717, 1.165) is 17.5 Å². The molecule has 19 heavy (non-hydrogen) atoms. The van der Waals surface area contributed by atoms with E-state index < -0.39 is 0 Å². The molecule has 0 aliphatic heterocycles. The van der Waals surface area contributed by atoms with E-state index in [9.17, 15) is 0 Å². The highest BCUT2D eigenvalue weighted by molar-refractivity contribution is 5.58. The molecule has 100 valence electrons. The number of rotatable bonds is 5. The van der Waals surface area contributed by atoms with Gasteiger partial charge in [-0.05, 0) is 19.1 Å². The first kappa shape index (κ1) is 13.2. The fourth-order valence-electron chi connectivity index (χ4n) is 1.68. The second kappa shape index (κ2) is 6.10. The number of hydrogen-bond acceptors (Lipinski definition) is 6. The largest absolute Gasteiger partial charge is 0.369 e. The van der Waals surface area contributed by atoms with Gasteiger partial charge >= 0.3 is 0 Å². The summed E-state index contributed by atoms with van der Waals surface area (Å²) in [7, 11) is 1.93. The van der Waals surface area contributed by atoms with E-state index in [-0.39, 0.29) is 0 Å². The molecule has 0 aliphatic rings. The highest BCUT2D eigenvalue weighted by atomic mass is 15.2. The second-order valence-corrected chi connectivity index (χ2v) is 4.12. The first-order valence-corrected chi connectivity index (χ1v) is 6.15. The third-order valence-electron chi connectivity index (χ3n) is 2.61. The first-order valence-electron chi connectivity index (χ1n) is 6.15. The van der Waals surface area contributed by atoms with Crippen LogP contribution in [0.25, 0.3) is 0 Å². The molecule has 6 nitrogen and oxygen atoms in total. The molecule has 6 heteroatoms. The van der Waals surface area contributed by atoms with E-state index in [2.05, 4.69) is 20.3 Å². The molecule has 3 N–H and O–H groups in total. The van der Waals surface area contributed by atoms with Crippen molar-refractivity contribution in [1.29, 1.82) is 0 Å². The van der Waals surface area contributed by atoms with Crippen LogP contribution in [0.1, 0.15) is 5.82 Å². The van der Waals surface area contributed by atoms with Gasteiger partial charge in [0.05, 0.1) is 0 Å². The van der Waals surface area contributed by atoms with Crippen molar-refractivity contribution >= 4 is 17.5 Å². The highest BCUT2D eigenvalue weighted by Gasteiger charge is 2.08. The summed E-state index contributed by atoms with van der Waals surface area (Å²) >= 11 is 0. The van der Waals surface area contributed by atoms with Gasteiger partial charge in [0.2, 0.25) is 0 Å². The topological polar surface area (TPSA) is 80.0 Å². The maximum Gasteiger partial charge on any atom is 0.139 e. The number of aryl methyl sites for hydroxylation is 1. The Morgan fingerprint density at radius 3 is 2.79 bits per heavy atom. The zero-order valence-electron chi connectivity index (χ0n) is 11.2. The highest BCUT2D eigenvalue weighted by Crippen LogP contribution is 2.21. The van der Waals surface area contributed by atoms with Gasteiger partial charge < -0.3 is 16.0 Å². The molecule has 0 aromatic carbocycles. The van der Waals surface area contributed by atoms with Gasteiger partial charge in [-0.15, -0.1) is 0 Å². The van der Waals surface area contributed by atoms with Crippen LogP contribution in [-0.4, -0.2) is 35.1 Å². The molecule has 0 aliphatic carbocycles. The van der Waals surface area contributed by atoms with E-state index in [1.54, 1.807) is 6.20 Å². The number of nitrogens with one attached hydrogen (secondary N) is 1. The van der Waals surface area contributed by atoms with Gasteiger partial charge in [0, 0.05) is 32.4 Å². The summed E-state index contributed by atoms with van der Waals surface area (Å²) < 4.78 is 0. The zero-order valence-corrected chi connectivity index (χ0v) is 11.2. The fraction of sp³-hybridized carbons (Fsp3) is 0.308. The molecule has 0 atom stereocenters. The van der Waals surface area contributed by atoms with Crippen molar-refractivity contribution in [2.24, 2.45) is 5.73 Å². The van der Waals surface area contributed by atoms with Crippen LogP contribution in [0.3, 0.4) is 0 Å². The number of hydrogen-bond donors (Lipinski definition) is 2. The second-order valence-electron chi connectivity index (χ2n) is 4.12.